The lowest BCUT2D eigenvalue weighted by Gasteiger charge is -2.30. The number of carbonyl (C=O) groups is 1. The second-order valence-corrected chi connectivity index (χ2v) is 5.91. The Morgan fingerprint density at radius 2 is 1.74 bits per heavy atom. The molecule has 0 saturated heterocycles. The van der Waals surface area contributed by atoms with Crippen molar-refractivity contribution >= 4 is 11.6 Å². The zero-order valence-corrected chi connectivity index (χ0v) is 13.4. The summed E-state index contributed by atoms with van der Waals surface area (Å²) in [6.45, 7) is 0. The number of amides is 1. The molecule has 1 aliphatic rings. The Labute approximate surface area is 136 Å². The molecule has 0 bridgehead atoms. The van der Waals surface area contributed by atoms with Gasteiger partial charge in [0.2, 0.25) is 0 Å². The minimum absolute atomic E-state index is 0.00477. The van der Waals surface area contributed by atoms with E-state index in [0.29, 0.717) is 12.8 Å². The van der Waals surface area contributed by atoms with Crippen molar-refractivity contribution in [1.82, 2.24) is 5.01 Å². The second kappa shape index (κ2) is 5.86. The number of anilines is 1. The quantitative estimate of drug-likeness (QED) is 0.872. The van der Waals surface area contributed by atoms with Crippen LogP contribution in [0.4, 0.5) is 5.69 Å². The standard InChI is InChI=1S/C19H19N3O/c1-21(2)22-17-12-7-6-11-16(17)19(18(22)23,13-8-14-20)15-9-4-3-5-10-15/h3-7,9-12H,8,13H2,1-2H3/t19-/m0/s1. The molecule has 0 N–H and O–H groups in total. The van der Waals surface area contributed by atoms with Crippen LogP contribution in [0.1, 0.15) is 24.0 Å². The van der Waals surface area contributed by atoms with Gasteiger partial charge in [0, 0.05) is 20.5 Å². The van der Waals surface area contributed by atoms with Crippen molar-refractivity contribution in [2.75, 3.05) is 19.1 Å². The molecule has 0 radical (unpaired) electrons. The predicted octanol–water partition coefficient (Wildman–Crippen LogP) is 3.10. The van der Waals surface area contributed by atoms with Gasteiger partial charge in [-0.3, -0.25) is 4.79 Å². The summed E-state index contributed by atoms with van der Waals surface area (Å²) >= 11 is 0. The largest absolute Gasteiger partial charge is 0.272 e. The van der Waals surface area contributed by atoms with Gasteiger partial charge in [0.1, 0.15) is 5.41 Å². The highest BCUT2D eigenvalue weighted by Crippen LogP contribution is 2.48. The number of fused-ring (bicyclic) bond motifs is 1. The van der Waals surface area contributed by atoms with Gasteiger partial charge in [0.05, 0.1) is 11.8 Å². The molecule has 0 unspecified atom stereocenters. The first-order valence-electron chi connectivity index (χ1n) is 7.66. The lowest BCUT2D eigenvalue weighted by Crippen LogP contribution is -2.47. The van der Waals surface area contributed by atoms with E-state index in [4.69, 9.17) is 5.26 Å². The van der Waals surface area contributed by atoms with E-state index >= 15 is 0 Å². The lowest BCUT2D eigenvalue weighted by molar-refractivity contribution is -0.124. The average Bonchev–Trinajstić information content (AvgIpc) is 2.83. The van der Waals surface area contributed by atoms with Gasteiger partial charge < -0.3 is 0 Å². The van der Waals surface area contributed by atoms with Crippen LogP contribution in [0.15, 0.2) is 54.6 Å². The molecule has 0 aromatic heterocycles. The number of carbonyl (C=O) groups excluding carboxylic acids is 1. The fourth-order valence-corrected chi connectivity index (χ4v) is 3.45. The third-order valence-corrected chi connectivity index (χ3v) is 4.43. The highest BCUT2D eigenvalue weighted by atomic mass is 16.2. The van der Waals surface area contributed by atoms with E-state index < -0.39 is 5.41 Å². The number of nitriles is 1. The number of hydrogen-bond acceptors (Lipinski definition) is 3. The van der Waals surface area contributed by atoms with E-state index in [1.807, 2.05) is 68.7 Å². The number of para-hydroxylation sites is 1. The summed E-state index contributed by atoms with van der Waals surface area (Å²) in [5, 5.41) is 12.6. The van der Waals surface area contributed by atoms with Gasteiger partial charge in [-0.2, -0.15) is 5.26 Å². The summed E-state index contributed by atoms with van der Waals surface area (Å²) in [6, 6.07) is 19.8. The van der Waals surface area contributed by atoms with Crippen LogP contribution in [0, 0.1) is 11.3 Å². The molecule has 0 fully saturated rings. The van der Waals surface area contributed by atoms with E-state index in [1.54, 1.807) is 10.0 Å². The SMILES string of the molecule is CN(C)N1C(=O)[C@@](CCC#N)(c2ccccc2)c2ccccc21. The van der Waals surface area contributed by atoms with Crippen LogP contribution in [0.3, 0.4) is 0 Å². The number of nitrogens with zero attached hydrogens (tertiary/aromatic N) is 3. The second-order valence-electron chi connectivity index (χ2n) is 5.91. The molecule has 116 valence electrons. The van der Waals surface area contributed by atoms with Crippen molar-refractivity contribution in [1.29, 1.82) is 5.26 Å². The van der Waals surface area contributed by atoms with E-state index in [-0.39, 0.29) is 5.91 Å². The Bertz CT molecular complexity index is 764. The molecule has 0 saturated carbocycles. The monoisotopic (exact) mass is 305 g/mol. The van der Waals surface area contributed by atoms with Crippen molar-refractivity contribution in [2.24, 2.45) is 0 Å². The average molecular weight is 305 g/mol. The topological polar surface area (TPSA) is 47.3 Å². The van der Waals surface area contributed by atoms with E-state index in [2.05, 4.69) is 6.07 Å². The molecule has 2 aromatic rings. The molecule has 0 aliphatic carbocycles. The van der Waals surface area contributed by atoms with Crippen LogP contribution < -0.4 is 5.01 Å². The predicted molar refractivity (Wildman–Crippen MR) is 89.7 cm³/mol. The van der Waals surface area contributed by atoms with E-state index in [9.17, 15) is 4.79 Å². The number of hydrogen-bond donors (Lipinski definition) is 0. The van der Waals surface area contributed by atoms with Crippen molar-refractivity contribution < 1.29 is 4.79 Å². The van der Waals surface area contributed by atoms with Crippen LogP contribution in [-0.4, -0.2) is 25.0 Å². The molecule has 2 aromatic carbocycles. The zero-order chi connectivity index (χ0) is 16.4. The summed E-state index contributed by atoms with van der Waals surface area (Å²) < 4.78 is 0. The third kappa shape index (κ3) is 2.21. The molecular weight excluding hydrogens is 286 g/mol. The number of rotatable bonds is 4. The Hall–Kier alpha value is -2.64. The van der Waals surface area contributed by atoms with Gasteiger partial charge in [-0.1, -0.05) is 48.5 Å². The molecule has 1 amide bonds. The first-order valence-corrected chi connectivity index (χ1v) is 7.66. The number of benzene rings is 2. The summed E-state index contributed by atoms with van der Waals surface area (Å²) in [7, 11) is 3.72. The van der Waals surface area contributed by atoms with E-state index in [0.717, 1.165) is 16.8 Å². The summed E-state index contributed by atoms with van der Waals surface area (Å²) in [6.07, 6.45) is 0.809. The minimum atomic E-state index is -0.794. The zero-order valence-electron chi connectivity index (χ0n) is 13.4. The summed E-state index contributed by atoms with van der Waals surface area (Å²) in [5.74, 6) is 0.00477. The molecule has 1 atom stereocenters. The fourth-order valence-electron chi connectivity index (χ4n) is 3.45. The molecule has 0 spiro atoms. The maximum absolute atomic E-state index is 13.4. The molecule has 1 heterocycles. The minimum Gasteiger partial charge on any atom is -0.272 e. The Balaban J connectivity index is 2.27. The number of hydrazine groups is 1. The van der Waals surface area contributed by atoms with Crippen LogP contribution in [0.25, 0.3) is 0 Å². The fraction of sp³-hybridized carbons (Fsp3) is 0.263. The molecule has 23 heavy (non-hydrogen) atoms. The highest BCUT2D eigenvalue weighted by molar-refractivity contribution is 6.09. The summed E-state index contributed by atoms with van der Waals surface area (Å²) in [4.78, 5) is 13.4. The van der Waals surface area contributed by atoms with Crippen molar-refractivity contribution in [3.05, 3.63) is 65.7 Å². The molecule has 4 nitrogen and oxygen atoms in total. The van der Waals surface area contributed by atoms with E-state index in [1.165, 1.54) is 0 Å². The van der Waals surface area contributed by atoms with Gasteiger partial charge in [-0.25, -0.2) is 10.0 Å². The Morgan fingerprint density at radius 3 is 2.39 bits per heavy atom. The van der Waals surface area contributed by atoms with Gasteiger partial charge in [-0.15, -0.1) is 0 Å². The molecular formula is C19H19N3O. The normalized spacial score (nSPS) is 19.7. The van der Waals surface area contributed by atoms with Gasteiger partial charge >= 0.3 is 0 Å². The van der Waals surface area contributed by atoms with Crippen LogP contribution in [0.2, 0.25) is 0 Å². The maximum Gasteiger partial charge on any atom is 0.256 e. The van der Waals surface area contributed by atoms with Gasteiger partial charge in [0.15, 0.2) is 0 Å². The summed E-state index contributed by atoms with van der Waals surface area (Å²) in [5.41, 5.74) is 2.01. The van der Waals surface area contributed by atoms with Crippen molar-refractivity contribution in [2.45, 2.75) is 18.3 Å². The van der Waals surface area contributed by atoms with Crippen molar-refractivity contribution in [3.8, 4) is 6.07 Å². The Morgan fingerprint density at radius 1 is 1.09 bits per heavy atom. The van der Waals surface area contributed by atoms with Crippen LogP contribution in [-0.2, 0) is 10.2 Å². The maximum atomic E-state index is 13.4. The first-order chi connectivity index (χ1) is 11.1. The van der Waals surface area contributed by atoms with Gasteiger partial charge in [-0.05, 0) is 23.6 Å². The Kier molecular flexibility index (Phi) is 3.89. The highest BCUT2D eigenvalue weighted by Gasteiger charge is 2.52. The lowest BCUT2D eigenvalue weighted by atomic mass is 9.72. The van der Waals surface area contributed by atoms with Crippen molar-refractivity contribution in [3.63, 3.8) is 0 Å². The molecule has 3 rings (SSSR count). The van der Waals surface area contributed by atoms with Crippen LogP contribution >= 0.6 is 0 Å². The smallest absolute Gasteiger partial charge is 0.256 e. The first kappa shape index (κ1) is 15.3. The van der Waals surface area contributed by atoms with Gasteiger partial charge in [0.25, 0.3) is 5.91 Å². The molecule has 1 aliphatic heterocycles. The third-order valence-electron chi connectivity index (χ3n) is 4.43. The molecule has 4 heteroatoms. The van der Waals surface area contributed by atoms with Crippen LogP contribution in [0.5, 0.6) is 0 Å².